The van der Waals surface area contributed by atoms with Gasteiger partial charge in [0.15, 0.2) is 6.54 Å². The lowest BCUT2D eigenvalue weighted by Gasteiger charge is -2.22. The molecule has 1 aliphatic carbocycles. The molecule has 5 nitrogen and oxygen atoms in total. The molecule has 0 radical (unpaired) electrons. The topological polar surface area (TPSA) is 59.8 Å². The lowest BCUT2D eigenvalue weighted by Crippen LogP contribution is -3.14. The number of anilines is 1. The number of esters is 1. The summed E-state index contributed by atoms with van der Waals surface area (Å²) in [6, 6.07) is 0. The molecule has 1 aromatic heterocycles. The van der Waals surface area contributed by atoms with Crippen LogP contribution in [0.4, 0.5) is 5.00 Å². The molecule has 6 heteroatoms. The van der Waals surface area contributed by atoms with Gasteiger partial charge in [-0.2, -0.15) is 0 Å². The summed E-state index contributed by atoms with van der Waals surface area (Å²) in [5.41, 5.74) is 1.68. The van der Waals surface area contributed by atoms with Gasteiger partial charge in [0.1, 0.15) is 5.00 Å². The Hall–Kier alpha value is -1.40. The van der Waals surface area contributed by atoms with Gasteiger partial charge in [-0.05, 0) is 37.7 Å². The summed E-state index contributed by atoms with van der Waals surface area (Å²) in [5, 5.41) is 3.73. The molecule has 0 aromatic carbocycles. The lowest BCUT2D eigenvalue weighted by atomic mass is 9.88. The minimum Gasteiger partial charge on any atom is -0.462 e. The van der Waals surface area contributed by atoms with Crippen LogP contribution in [0.25, 0.3) is 0 Å². The van der Waals surface area contributed by atoms with E-state index in [4.69, 9.17) is 4.74 Å². The number of amides is 1. The predicted molar refractivity (Wildman–Crippen MR) is 115 cm³/mol. The number of rotatable bonds is 9. The Morgan fingerprint density at radius 1 is 1.21 bits per heavy atom. The third kappa shape index (κ3) is 6.31. The fraction of sp³-hybridized carbons (Fsp3) is 0.727. The Labute approximate surface area is 173 Å². The van der Waals surface area contributed by atoms with Crippen molar-refractivity contribution in [2.24, 2.45) is 17.8 Å². The number of carbonyl (C=O) groups is 2. The van der Waals surface area contributed by atoms with E-state index in [1.54, 1.807) is 11.3 Å². The maximum Gasteiger partial charge on any atom is 0.341 e. The second-order valence-electron chi connectivity index (χ2n) is 8.95. The van der Waals surface area contributed by atoms with Gasteiger partial charge >= 0.3 is 5.97 Å². The van der Waals surface area contributed by atoms with Gasteiger partial charge in [-0.3, -0.25) is 4.79 Å². The SMILES string of the molecule is CCOC(=O)c1c(NC(=O)C[NH+](CC(C)C)CC(C)C)sc2c1CCC(C)C2. The maximum absolute atomic E-state index is 12.8. The number of quaternary nitrogens is 1. The standard InChI is InChI=1S/C22H36N2O3S/c1-7-27-22(26)20-17-9-8-16(6)10-18(17)28-21(20)23-19(25)13-24(11-14(2)3)12-15(4)5/h14-16H,7-13H2,1-6H3,(H,23,25)/p+1. The zero-order valence-corrected chi connectivity index (χ0v) is 19.1. The number of ether oxygens (including phenoxy) is 1. The van der Waals surface area contributed by atoms with Crippen molar-refractivity contribution >= 4 is 28.2 Å². The summed E-state index contributed by atoms with van der Waals surface area (Å²) >= 11 is 1.56. The van der Waals surface area contributed by atoms with Gasteiger partial charge in [0.25, 0.3) is 5.91 Å². The molecule has 0 bridgehead atoms. The second kappa shape index (κ2) is 10.4. The average Bonchev–Trinajstić information content (AvgIpc) is 2.90. The van der Waals surface area contributed by atoms with Crippen LogP contribution in [-0.4, -0.2) is 38.1 Å². The van der Waals surface area contributed by atoms with E-state index in [9.17, 15) is 9.59 Å². The number of hydrogen-bond donors (Lipinski definition) is 2. The monoisotopic (exact) mass is 409 g/mol. The Morgan fingerprint density at radius 3 is 2.43 bits per heavy atom. The molecule has 0 saturated carbocycles. The van der Waals surface area contributed by atoms with Gasteiger partial charge < -0.3 is 15.0 Å². The van der Waals surface area contributed by atoms with Crippen LogP contribution >= 0.6 is 11.3 Å². The fourth-order valence-corrected chi connectivity index (χ4v) is 5.45. The minimum atomic E-state index is -0.307. The van der Waals surface area contributed by atoms with Crippen molar-refractivity contribution < 1.29 is 19.2 Å². The molecule has 2 N–H and O–H groups in total. The van der Waals surface area contributed by atoms with Crippen LogP contribution < -0.4 is 10.2 Å². The summed E-state index contributed by atoms with van der Waals surface area (Å²) in [5.74, 6) is 1.35. The highest BCUT2D eigenvalue weighted by molar-refractivity contribution is 7.17. The first-order valence-corrected chi connectivity index (χ1v) is 11.5. The lowest BCUT2D eigenvalue weighted by molar-refractivity contribution is -0.897. The molecule has 1 aromatic rings. The summed E-state index contributed by atoms with van der Waals surface area (Å²) in [6.07, 6.45) is 2.93. The zero-order chi connectivity index (χ0) is 20.8. The van der Waals surface area contributed by atoms with Crippen LogP contribution in [0, 0.1) is 17.8 Å². The maximum atomic E-state index is 12.8. The molecule has 1 aliphatic rings. The van der Waals surface area contributed by atoms with Crippen molar-refractivity contribution in [2.75, 3.05) is 31.6 Å². The predicted octanol–water partition coefficient (Wildman–Crippen LogP) is 3.19. The van der Waals surface area contributed by atoms with Gasteiger partial charge in [-0.25, -0.2) is 4.79 Å². The molecule has 0 saturated heterocycles. The largest absolute Gasteiger partial charge is 0.462 e. The van der Waals surface area contributed by atoms with E-state index in [0.717, 1.165) is 37.9 Å². The van der Waals surface area contributed by atoms with Crippen molar-refractivity contribution in [3.05, 3.63) is 16.0 Å². The molecule has 1 atom stereocenters. The van der Waals surface area contributed by atoms with Crippen LogP contribution in [0.5, 0.6) is 0 Å². The molecule has 0 aliphatic heterocycles. The number of nitrogens with one attached hydrogen (secondary N) is 2. The van der Waals surface area contributed by atoms with Crippen LogP contribution in [0.3, 0.4) is 0 Å². The van der Waals surface area contributed by atoms with Crippen molar-refractivity contribution in [1.29, 1.82) is 0 Å². The number of thiophene rings is 1. The minimum absolute atomic E-state index is 0.0199. The van der Waals surface area contributed by atoms with E-state index in [1.807, 2.05) is 6.92 Å². The van der Waals surface area contributed by atoms with E-state index in [0.29, 0.717) is 41.5 Å². The normalized spacial score (nSPS) is 16.5. The Balaban J connectivity index is 2.19. The van der Waals surface area contributed by atoms with E-state index in [1.165, 1.54) is 9.78 Å². The second-order valence-corrected chi connectivity index (χ2v) is 10.1. The summed E-state index contributed by atoms with van der Waals surface area (Å²) in [4.78, 5) is 27.9. The van der Waals surface area contributed by atoms with Gasteiger partial charge in [0.2, 0.25) is 0 Å². The molecular weight excluding hydrogens is 372 g/mol. The average molecular weight is 410 g/mol. The van der Waals surface area contributed by atoms with Gasteiger partial charge in [0, 0.05) is 16.7 Å². The van der Waals surface area contributed by atoms with Crippen LogP contribution in [0.2, 0.25) is 0 Å². The van der Waals surface area contributed by atoms with Gasteiger partial charge in [0.05, 0.1) is 25.3 Å². The van der Waals surface area contributed by atoms with E-state index in [2.05, 4.69) is 39.9 Å². The molecule has 1 heterocycles. The highest BCUT2D eigenvalue weighted by Gasteiger charge is 2.29. The molecule has 1 unspecified atom stereocenters. The Kier molecular flexibility index (Phi) is 8.50. The quantitative estimate of drug-likeness (QED) is 0.616. The third-order valence-electron chi connectivity index (χ3n) is 5.05. The number of fused-ring (bicyclic) bond motifs is 1. The van der Waals surface area contributed by atoms with Crippen molar-refractivity contribution in [3.8, 4) is 0 Å². The first-order valence-electron chi connectivity index (χ1n) is 10.7. The molecule has 28 heavy (non-hydrogen) atoms. The van der Waals surface area contributed by atoms with E-state index < -0.39 is 0 Å². The van der Waals surface area contributed by atoms with Crippen LogP contribution in [-0.2, 0) is 22.4 Å². The molecule has 1 amide bonds. The van der Waals surface area contributed by atoms with E-state index >= 15 is 0 Å². The molecule has 2 rings (SSSR count). The molecule has 158 valence electrons. The van der Waals surface area contributed by atoms with Crippen molar-refractivity contribution in [2.45, 2.75) is 60.8 Å². The summed E-state index contributed by atoms with van der Waals surface area (Å²) < 4.78 is 5.30. The van der Waals surface area contributed by atoms with Gasteiger partial charge in [-0.1, -0.05) is 34.6 Å². The van der Waals surface area contributed by atoms with Gasteiger partial charge in [-0.15, -0.1) is 11.3 Å². The smallest absolute Gasteiger partial charge is 0.341 e. The van der Waals surface area contributed by atoms with Crippen molar-refractivity contribution in [3.63, 3.8) is 0 Å². The molecular formula is C22H37N2O3S+. The third-order valence-corrected chi connectivity index (χ3v) is 6.22. The first-order chi connectivity index (χ1) is 13.2. The molecule has 0 spiro atoms. The number of carbonyl (C=O) groups excluding carboxylic acids is 2. The van der Waals surface area contributed by atoms with Crippen LogP contribution in [0.1, 0.15) is 68.8 Å². The first kappa shape index (κ1) is 22.9. The van der Waals surface area contributed by atoms with Crippen molar-refractivity contribution in [1.82, 2.24) is 0 Å². The highest BCUT2D eigenvalue weighted by Crippen LogP contribution is 2.40. The number of hydrogen-bond acceptors (Lipinski definition) is 4. The Morgan fingerprint density at radius 2 is 1.86 bits per heavy atom. The molecule has 0 fully saturated rings. The highest BCUT2D eigenvalue weighted by atomic mass is 32.1. The summed E-state index contributed by atoms with van der Waals surface area (Å²) in [6.45, 7) is 15.5. The summed E-state index contributed by atoms with van der Waals surface area (Å²) in [7, 11) is 0. The zero-order valence-electron chi connectivity index (χ0n) is 18.3. The van der Waals surface area contributed by atoms with E-state index in [-0.39, 0.29) is 11.9 Å². The Bertz CT molecular complexity index is 672. The fourth-order valence-electron chi connectivity index (χ4n) is 4.04. The van der Waals surface area contributed by atoms with Crippen LogP contribution in [0.15, 0.2) is 0 Å².